The van der Waals surface area contributed by atoms with Gasteiger partial charge in [-0.3, -0.25) is 4.79 Å². The zero-order chi connectivity index (χ0) is 17.9. The molecule has 0 spiro atoms. The Labute approximate surface area is 155 Å². The van der Waals surface area contributed by atoms with E-state index in [0.717, 1.165) is 36.8 Å². The van der Waals surface area contributed by atoms with Crippen LogP contribution in [0.1, 0.15) is 38.2 Å². The molecule has 0 aliphatic heterocycles. The topological polar surface area (TPSA) is 20.9 Å². The lowest BCUT2D eigenvalue weighted by atomic mass is 9.92. The van der Waals surface area contributed by atoms with E-state index in [0.29, 0.717) is 6.54 Å². The molecule has 0 amide bonds. The van der Waals surface area contributed by atoms with E-state index in [4.69, 9.17) is 0 Å². The van der Waals surface area contributed by atoms with Gasteiger partial charge >= 0.3 is 0 Å². The molecule has 2 nitrogen and oxygen atoms in total. The minimum Gasteiger partial charge on any atom is -0.287 e. The van der Waals surface area contributed by atoms with Crippen molar-refractivity contribution in [1.82, 2.24) is 0 Å². The van der Waals surface area contributed by atoms with Crippen molar-refractivity contribution in [3.63, 3.8) is 0 Å². The lowest BCUT2D eigenvalue weighted by Gasteiger charge is -2.13. The molecular formula is C24H24NO+. The van der Waals surface area contributed by atoms with Gasteiger partial charge in [-0.15, -0.1) is 0 Å². The van der Waals surface area contributed by atoms with Gasteiger partial charge in [-0.2, -0.15) is 4.57 Å². The van der Waals surface area contributed by atoms with Crippen molar-refractivity contribution in [2.45, 2.75) is 39.2 Å². The number of aryl methyl sites for hydroxylation is 5. The summed E-state index contributed by atoms with van der Waals surface area (Å²) in [4.78, 5) is 13.0. The van der Waals surface area contributed by atoms with Crippen LogP contribution in [0.3, 0.4) is 0 Å². The monoisotopic (exact) mass is 342 g/mol. The summed E-state index contributed by atoms with van der Waals surface area (Å²) in [5, 5.41) is 0. The standard InChI is InChI=1S/C24H24NO/c1-18-12-14-25(15-13-18)17-24(26)23-16-21-7-6-19-2-4-20(5-3-19)8-10-22(23)11-9-21/h2-5,9,11-16H,6-8,10,17H2,1H3/q+1. The number of hydrogen-bond donors (Lipinski definition) is 0. The maximum absolute atomic E-state index is 13.0. The number of ketones is 1. The van der Waals surface area contributed by atoms with Gasteiger partial charge in [0.15, 0.2) is 12.4 Å². The van der Waals surface area contributed by atoms with Crippen LogP contribution < -0.4 is 4.57 Å². The van der Waals surface area contributed by atoms with Gasteiger partial charge in [0.2, 0.25) is 12.3 Å². The van der Waals surface area contributed by atoms with E-state index < -0.39 is 0 Å². The van der Waals surface area contributed by atoms with Gasteiger partial charge in [-0.1, -0.05) is 36.4 Å². The summed E-state index contributed by atoms with van der Waals surface area (Å²) in [6, 6.07) is 19.5. The molecule has 0 fully saturated rings. The second-order valence-corrected chi connectivity index (χ2v) is 7.28. The molecule has 26 heavy (non-hydrogen) atoms. The van der Waals surface area contributed by atoms with E-state index in [1.54, 1.807) is 0 Å². The normalized spacial score (nSPS) is 13.3. The first-order valence-electron chi connectivity index (χ1n) is 9.36. The summed E-state index contributed by atoms with van der Waals surface area (Å²) < 4.78 is 1.97. The van der Waals surface area contributed by atoms with Gasteiger partial charge in [-0.05, 0) is 66.5 Å². The third kappa shape index (κ3) is 3.75. The van der Waals surface area contributed by atoms with Gasteiger partial charge in [-0.25, -0.2) is 0 Å². The first kappa shape index (κ1) is 16.7. The smallest absolute Gasteiger partial charge is 0.227 e. The molecule has 0 unspecified atom stereocenters. The summed E-state index contributed by atoms with van der Waals surface area (Å²) in [6.07, 6.45) is 7.82. The molecular weight excluding hydrogens is 318 g/mol. The molecule has 4 bridgehead atoms. The zero-order valence-corrected chi connectivity index (χ0v) is 15.2. The van der Waals surface area contributed by atoms with Crippen LogP contribution in [0.15, 0.2) is 67.0 Å². The Morgan fingerprint density at radius 1 is 0.808 bits per heavy atom. The van der Waals surface area contributed by atoms with E-state index in [-0.39, 0.29) is 5.78 Å². The predicted octanol–water partition coefficient (Wildman–Crippen LogP) is 4.05. The second-order valence-electron chi connectivity index (χ2n) is 7.28. The number of pyridine rings is 1. The van der Waals surface area contributed by atoms with Crippen LogP contribution in [0.25, 0.3) is 0 Å². The molecule has 0 N–H and O–H groups in total. The van der Waals surface area contributed by atoms with Crippen LogP contribution in [0, 0.1) is 6.92 Å². The number of carbonyl (C=O) groups is 1. The Bertz CT molecular complexity index is 923. The molecule has 130 valence electrons. The van der Waals surface area contributed by atoms with Crippen LogP contribution in [0.5, 0.6) is 0 Å². The molecule has 2 heteroatoms. The maximum Gasteiger partial charge on any atom is 0.227 e. The van der Waals surface area contributed by atoms with Crippen molar-refractivity contribution in [1.29, 1.82) is 0 Å². The van der Waals surface area contributed by atoms with E-state index in [9.17, 15) is 4.79 Å². The van der Waals surface area contributed by atoms with Crippen LogP contribution in [-0.4, -0.2) is 5.78 Å². The molecule has 0 atom stereocenters. The maximum atomic E-state index is 13.0. The van der Waals surface area contributed by atoms with Gasteiger partial charge < -0.3 is 0 Å². The minimum absolute atomic E-state index is 0.196. The summed E-state index contributed by atoms with van der Waals surface area (Å²) >= 11 is 0. The van der Waals surface area contributed by atoms with Gasteiger partial charge in [0.25, 0.3) is 0 Å². The highest BCUT2D eigenvalue weighted by Gasteiger charge is 2.17. The van der Waals surface area contributed by atoms with E-state index >= 15 is 0 Å². The summed E-state index contributed by atoms with van der Waals surface area (Å²) in [7, 11) is 0. The second kappa shape index (κ2) is 7.25. The Morgan fingerprint density at radius 2 is 1.38 bits per heavy atom. The number of nitrogens with zero attached hydrogens (tertiary/aromatic N) is 1. The van der Waals surface area contributed by atoms with Crippen molar-refractivity contribution in [3.8, 4) is 0 Å². The number of rotatable bonds is 3. The lowest BCUT2D eigenvalue weighted by molar-refractivity contribution is -0.683. The lowest BCUT2D eigenvalue weighted by Crippen LogP contribution is -2.37. The van der Waals surface area contributed by atoms with Gasteiger partial charge in [0, 0.05) is 17.7 Å². The third-order valence-corrected chi connectivity index (χ3v) is 5.27. The number of carbonyl (C=O) groups excluding carboxylic acids is 1. The Kier molecular flexibility index (Phi) is 4.66. The summed E-state index contributed by atoms with van der Waals surface area (Å²) in [6.45, 7) is 2.45. The fourth-order valence-corrected chi connectivity index (χ4v) is 3.59. The molecule has 4 aliphatic rings. The van der Waals surface area contributed by atoms with Crippen LogP contribution in [0.4, 0.5) is 0 Å². The van der Waals surface area contributed by atoms with Crippen LogP contribution in [0.2, 0.25) is 0 Å². The SMILES string of the molecule is Cc1cc[n+](CC(=O)c2cc3ccc2CCc2ccc(cc2)CC3)cc1. The summed E-state index contributed by atoms with van der Waals surface area (Å²) in [5.74, 6) is 0.196. The third-order valence-electron chi connectivity index (χ3n) is 5.27. The number of benzene rings is 2. The highest BCUT2D eigenvalue weighted by Crippen LogP contribution is 2.20. The molecule has 7 rings (SSSR count). The first-order chi connectivity index (χ1) is 12.7. The van der Waals surface area contributed by atoms with Crippen LogP contribution in [-0.2, 0) is 32.2 Å². The highest BCUT2D eigenvalue weighted by molar-refractivity contribution is 5.96. The minimum atomic E-state index is 0.196. The molecule has 0 saturated carbocycles. The van der Waals surface area contributed by atoms with Crippen molar-refractivity contribution in [2.75, 3.05) is 0 Å². The predicted molar refractivity (Wildman–Crippen MR) is 103 cm³/mol. The Morgan fingerprint density at radius 3 is 2.08 bits per heavy atom. The molecule has 1 heterocycles. The van der Waals surface area contributed by atoms with E-state index in [2.05, 4.69) is 49.4 Å². The van der Waals surface area contributed by atoms with Crippen LogP contribution >= 0.6 is 0 Å². The molecule has 4 aliphatic carbocycles. The highest BCUT2D eigenvalue weighted by atomic mass is 16.1. The van der Waals surface area contributed by atoms with Crippen molar-refractivity contribution in [3.05, 3.63) is 100 Å². The fourth-order valence-electron chi connectivity index (χ4n) is 3.59. The van der Waals surface area contributed by atoms with Crippen molar-refractivity contribution < 1.29 is 9.36 Å². The molecule has 1 aromatic heterocycles. The molecule has 0 radical (unpaired) electrons. The number of hydrogen-bond acceptors (Lipinski definition) is 1. The average Bonchev–Trinajstić information content (AvgIpc) is 2.65. The molecule has 0 saturated heterocycles. The molecule has 2 aromatic carbocycles. The fraction of sp³-hybridized carbons (Fsp3) is 0.250. The Hall–Kier alpha value is -2.74. The van der Waals surface area contributed by atoms with Crippen molar-refractivity contribution in [2.24, 2.45) is 0 Å². The molecule has 3 aromatic rings. The largest absolute Gasteiger partial charge is 0.287 e. The van der Waals surface area contributed by atoms with Gasteiger partial charge in [0.1, 0.15) is 0 Å². The number of Topliss-reactive ketones (excluding diaryl/α,β-unsaturated/α-hetero) is 1. The quantitative estimate of drug-likeness (QED) is 0.520. The van der Waals surface area contributed by atoms with Crippen molar-refractivity contribution >= 4 is 5.78 Å². The van der Waals surface area contributed by atoms with E-state index in [1.807, 2.05) is 29.1 Å². The average molecular weight is 342 g/mol. The number of aromatic nitrogens is 1. The summed E-state index contributed by atoms with van der Waals surface area (Å²) in [5.41, 5.74) is 7.21. The Balaban J connectivity index is 1.63. The van der Waals surface area contributed by atoms with E-state index in [1.165, 1.54) is 22.3 Å². The first-order valence-corrected chi connectivity index (χ1v) is 9.36. The zero-order valence-electron chi connectivity index (χ0n) is 15.2. The van der Waals surface area contributed by atoms with Gasteiger partial charge in [0.05, 0.1) is 0 Å².